The molecule has 1 aromatic carbocycles. The quantitative estimate of drug-likeness (QED) is 0.611. The molecule has 2 heterocycles. The lowest BCUT2D eigenvalue weighted by Crippen LogP contribution is -2.38. The Morgan fingerprint density at radius 1 is 1.22 bits per heavy atom. The highest BCUT2D eigenvalue weighted by Gasteiger charge is 2.16. The highest BCUT2D eigenvalue weighted by atomic mass is 35.5. The smallest absolute Gasteiger partial charge is 0.129 e. The van der Waals surface area contributed by atoms with E-state index in [1.54, 1.807) is 0 Å². The minimum Gasteiger partial charge on any atom is -0.493 e. The fourth-order valence-electron chi connectivity index (χ4n) is 2.62. The molecule has 0 amide bonds. The fraction of sp³-hybridized carbons (Fsp3) is 0.562. The number of nitrogens with zero attached hydrogens (tertiary/aromatic N) is 2. The highest BCUT2D eigenvalue weighted by molar-refractivity contribution is 6.31. The topological polar surface area (TPSA) is 43.3 Å². The van der Waals surface area contributed by atoms with E-state index in [-0.39, 0.29) is 12.4 Å². The van der Waals surface area contributed by atoms with Gasteiger partial charge in [0.05, 0.1) is 25.5 Å². The zero-order valence-electron chi connectivity index (χ0n) is 13.0. The van der Waals surface area contributed by atoms with Crippen LogP contribution < -0.4 is 4.74 Å². The van der Waals surface area contributed by atoms with E-state index in [4.69, 9.17) is 25.9 Å². The molecule has 1 saturated heterocycles. The van der Waals surface area contributed by atoms with Gasteiger partial charge in [0.2, 0.25) is 0 Å². The Morgan fingerprint density at radius 3 is 2.87 bits per heavy atom. The molecule has 7 heteroatoms. The van der Waals surface area contributed by atoms with E-state index in [0.29, 0.717) is 18.2 Å². The lowest BCUT2D eigenvalue weighted by Gasteiger charge is -2.25. The lowest BCUT2D eigenvalue weighted by molar-refractivity contribution is 0.0211. The molecule has 2 aliphatic heterocycles. The summed E-state index contributed by atoms with van der Waals surface area (Å²) in [5.74, 6) is 0.831. The summed E-state index contributed by atoms with van der Waals surface area (Å²) in [6, 6.07) is 5.63. The molecule has 1 fully saturated rings. The largest absolute Gasteiger partial charge is 0.493 e. The van der Waals surface area contributed by atoms with Crippen molar-refractivity contribution >= 4 is 29.7 Å². The van der Waals surface area contributed by atoms with Gasteiger partial charge in [0, 0.05) is 30.2 Å². The second-order valence-electron chi connectivity index (χ2n) is 5.42. The molecule has 0 saturated carbocycles. The Balaban J connectivity index is 0.00000192. The normalized spacial score (nSPS) is 20.1. The minimum atomic E-state index is 0. The molecule has 1 aromatic rings. The number of halogens is 2. The van der Waals surface area contributed by atoms with Crippen molar-refractivity contribution in [1.82, 2.24) is 4.90 Å². The van der Waals surface area contributed by atoms with Crippen LogP contribution in [0.3, 0.4) is 0 Å². The first-order valence-electron chi connectivity index (χ1n) is 7.74. The number of benzene rings is 1. The van der Waals surface area contributed by atoms with Gasteiger partial charge in [0.1, 0.15) is 12.4 Å². The number of fused-ring (bicyclic) bond motifs is 1. The van der Waals surface area contributed by atoms with Gasteiger partial charge in [-0.1, -0.05) is 16.8 Å². The molecular weight excluding hydrogens is 339 g/mol. The molecule has 0 aromatic heterocycles. The molecule has 2 aliphatic rings. The standard InChI is InChI=1S/C16H21ClN2O3.ClH/c17-13-3-4-16-14(12-13)15(2-1-8-21-16)18-22-11-7-19-5-9-20-10-6-19;/h3-4,12H,1-2,5-11H2;1H/b18-15+;. The monoisotopic (exact) mass is 360 g/mol. The summed E-state index contributed by atoms with van der Waals surface area (Å²) in [5, 5.41) is 5.02. The second-order valence-corrected chi connectivity index (χ2v) is 5.85. The Hall–Kier alpha value is -1.01. The van der Waals surface area contributed by atoms with Crippen LogP contribution in [0, 0.1) is 0 Å². The van der Waals surface area contributed by atoms with Crippen LogP contribution in [0.25, 0.3) is 0 Å². The Bertz CT molecular complexity index is 534. The lowest BCUT2D eigenvalue weighted by atomic mass is 10.1. The van der Waals surface area contributed by atoms with Gasteiger partial charge in [0.15, 0.2) is 0 Å². The third-order valence-corrected chi connectivity index (χ3v) is 4.08. The zero-order valence-corrected chi connectivity index (χ0v) is 14.6. The van der Waals surface area contributed by atoms with Crippen LogP contribution in [-0.4, -0.2) is 56.7 Å². The molecule has 5 nitrogen and oxygen atoms in total. The van der Waals surface area contributed by atoms with E-state index in [0.717, 1.165) is 62.7 Å². The van der Waals surface area contributed by atoms with Crippen LogP contribution in [-0.2, 0) is 9.57 Å². The molecule has 0 spiro atoms. The summed E-state index contributed by atoms with van der Waals surface area (Å²) in [6.45, 7) is 5.69. The van der Waals surface area contributed by atoms with Gasteiger partial charge in [-0.05, 0) is 31.0 Å². The summed E-state index contributed by atoms with van der Waals surface area (Å²) in [7, 11) is 0. The number of rotatable bonds is 4. The maximum atomic E-state index is 6.09. The van der Waals surface area contributed by atoms with Gasteiger partial charge in [-0.3, -0.25) is 4.90 Å². The molecule has 0 unspecified atom stereocenters. The van der Waals surface area contributed by atoms with E-state index in [2.05, 4.69) is 10.1 Å². The Kier molecular flexibility index (Phi) is 7.43. The average molecular weight is 361 g/mol. The van der Waals surface area contributed by atoms with E-state index < -0.39 is 0 Å². The SMILES string of the molecule is Cl.Clc1ccc2c(c1)/C(=N/OCCN1CCOCC1)CCCO2. The van der Waals surface area contributed by atoms with Crippen LogP contribution in [0.5, 0.6) is 5.75 Å². The van der Waals surface area contributed by atoms with Crippen LogP contribution in [0.1, 0.15) is 18.4 Å². The third kappa shape index (κ3) is 5.24. The number of morpholine rings is 1. The fourth-order valence-corrected chi connectivity index (χ4v) is 2.80. The van der Waals surface area contributed by atoms with Gasteiger partial charge in [-0.25, -0.2) is 0 Å². The summed E-state index contributed by atoms with van der Waals surface area (Å²) in [5.41, 5.74) is 1.85. The predicted octanol–water partition coefficient (Wildman–Crippen LogP) is 2.99. The molecular formula is C16H22Cl2N2O3. The number of hydrogen-bond acceptors (Lipinski definition) is 5. The Labute approximate surface area is 147 Å². The van der Waals surface area contributed by atoms with Crippen molar-refractivity contribution in [2.75, 3.05) is 46.1 Å². The van der Waals surface area contributed by atoms with E-state index >= 15 is 0 Å². The molecule has 0 N–H and O–H groups in total. The van der Waals surface area contributed by atoms with Crippen LogP contribution in [0.2, 0.25) is 5.02 Å². The first-order chi connectivity index (χ1) is 10.8. The van der Waals surface area contributed by atoms with Crippen LogP contribution in [0.15, 0.2) is 23.4 Å². The first-order valence-corrected chi connectivity index (χ1v) is 8.12. The third-order valence-electron chi connectivity index (χ3n) is 3.85. The Morgan fingerprint density at radius 2 is 2.04 bits per heavy atom. The second kappa shape index (κ2) is 9.33. The van der Waals surface area contributed by atoms with E-state index in [1.807, 2.05) is 18.2 Å². The van der Waals surface area contributed by atoms with E-state index in [1.165, 1.54) is 0 Å². The number of ether oxygens (including phenoxy) is 2. The zero-order chi connectivity index (χ0) is 15.2. The van der Waals surface area contributed by atoms with Gasteiger partial charge < -0.3 is 14.3 Å². The van der Waals surface area contributed by atoms with Gasteiger partial charge in [-0.2, -0.15) is 0 Å². The minimum absolute atomic E-state index is 0. The summed E-state index contributed by atoms with van der Waals surface area (Å²) >= 11 is 6.09. The molecule has 0 atom stereocenters. The molecule has 23 heavy (non-hydrogen) atoms. The van der Waals surface area contributed by atoms with Crippen molar-refractivity contribution in [3.05, 3.63) is 28.8 Å². The summed E-state index contributed by atoms with van der Waals surface area (Å²) in [4.78, 5) is 7.86. The molecule has 128 valence electrons. The van der Waals surface area contributed by atoms with Gasteiger partial charge >= 0.3 is 0 Å². The van der Waals surface area contributed by atoms with Crippen molar-refractivity contribution in [3.63, 3.8) is 0 Å². The molecule has 0 aliphatic carbocycles. The molecule has 0 radical (unpaired) electrons. The summed E-state index contributed by atoms with van der Waals surface area (Å²) in [6.07, 6.45) is 1.77. The maximum absolute atomic E-state index is 6.09. The summed E-state index contributed by atoms with van der Waals surface area (Å²) < 4.78 is 11.0. The maximum Gasteiger partial charge on any atom is 0.129 e. The van der Waals surface area contributed by atoms with Crippen LogP contribution >= 0.6 is 24.0 Å². The number of hydrogen-bond donors (Lipinski definition) is 0. The predicted molar refractivity (Wildman–Crippen MR) is 93.2 cm³/mol. The highest BCUT2D eigenvalue weighted by Crippen LogP contribution is 2.27. The van der Waals surface area contributed by atoms with E-state index in [9.17, 15) is 0 Å². The number of oxime groups is 1. The van der Waals surface area contributed by atoms with Crippen LogP contribution in [0.4, 0.5) is 0 Å². The van der Waals surface area contributed by atoms with Gasteiger partial charge in [0.25, 0.3) is 0 Å². The van der Waals surface area contributed by atoms with Crippen molar-refractivity contribution < 1.29 is 14.3 Å². The van der Waals surface area contributed by atoms with Crippen molar-refractivity contribution in [1.29, 1.82) is 0 Å². The molecule has 3 rings (SSSR count). The van der Waals surface area contributed by atoms with Crippen molar-refractivity contribution in [2.45, 2.75) is 12.8 Å². The molecule has 0 bridgehead atoms. The average Bonchev–Trinajstić information content (AvgIpc) is 2.75. The van der Waals surface area contributed by atoms with Crippen molar-refractivity contribution in [3.8, 4) is 5.75 Å². The first kappa shape index (κ1) is 18.3. The van der Waals surface area contributed by atoms with Gasteiger partial charge in [-0.15, -0.1) is 12.4 Å². The van der Waals surface area contributed by atoms with Crippen molar-refractivity contribution in [2.24, 2.45) is 5.16 Å².